The molecule has 0 saturated carbocycles. The van der Waals surface area contributed by atoms with E-state index in [-0.39, 0.29) is 6.04 Å². The molecule has 0 bridgehead atoms. The molecular formula is C15H18BrNO2. The van der Waals surface area contributed by atoms with Crippen molar-refractivity contribution in [3.8, 4) is 5.75 Å². The van der Waals surface area contributed by atoms with Gasteiger partial charge in [0.1, 0.15) is 11.5 Å². The minimum absolute atomic E-state index is 0.0463. The van der Waals surface area contributed by atoms with Gasteiger partial charge in [-0.1, -0.05) is 28.9 Å². The zero-order valence-corrected chi connectivity index (χ0v) is 12.7. The zero-order chi connectivity index (χ0) is 13.7. The van der Waals surface area contributed by atoms with Gasteiger partial charge in [-0.05, 0) is 43.3 Å². The Morgan fingerprint density at radius 1 is 1.32 bits per heavy atom. The Morgan fingerprint density at radius 3 is 2.74 bits per heavy atom. The first-order valence-corrected chi connectivity index (χ1v) is 7.24. The second-order valence-corrected chi connectivity index (χ2v) is 4.98. The number of ether oxygens (including phenoxy) is 1. The Balaban J connectivity index is 2.32. The highest BCUT2D eigenvalue weighted by Crippen LogP contribution is 2.31. The summed E-state index contributed by atoms with van der Waals surface area (Å²) < 4.78 is 12.0. The molecular weight excluding hydrogens is 306 g/mol. The molecule has 1 aromatic heterocycles. The monoisotopic (exact) mass is 323 g/mol. The number of rotatable bonds is 6. The van der Waals surface area contributed by atoms with Crippen LogP contribution in [0.2, 0.25) is 0 Å². The van der Waals surface area contributed by atoms with Gasteiger partial charge in [0.25, 0.3) is 0 Å². The van der Waals surface area contributed by atoms with E-state index in [9.17, 15) is 0 Å². The number of benzene rings is 1. The Kier molecular flexibility index (Phi) is 5.05. The number of halogens is 1. The maximum Gasteiger partial charge on any atom is 0.125 e. The molecule has 0 spiro atoms. The molecule has 0 aliphatic rings. The van der Waals surface area contributed by atoms with Gasteiger partial charge in [-0.25, -0.2) is 0 Å². The van der Waals surface area contributed by atoms with Crippen molar-refractivity contribution in [1.82, 2.24) is 5.32 Å². The summed E-state index contributed by atoms with van der Waals surface area (Å²) in [4.78, 5) is 0. The SMILES string of the molecule is CCNC(c1ccco1)c1ccc(OCC)cc1Br. The highest BCUT2D eigenvalue weighted by atomic mass is 79.9. The molecule has 0 aliphatic carbocycles. The molecule has 0 saturated heterocycles. The molecule has 1 atom stereocenters. The summed E-state index contributed by atoms with van der Waals surface area (Å²) in [6, 6.07) is 9.97. The molecule has 19 heavy (non-hydrogen) atoms. The number of furan rings is 1. The first kappa shape index (κ1) is 14.2. The van der Waals surface area contributed by atoms with Crippen molar-refractivity contribution >= 4 is 15.9 Å². The molecule has 2 aromatic rings. The standard InChI is InChI=1S/C15H18BrNO2/c1-3-17-15(14-6-5-9-19-14)12-8-7-11(18-4-2)10-13(12)16/h5-10,15,17H,3-4H2,1-2H3. The van der Waals surface area contributed by atoms with E-state index in [0.29, 0.717) is 6.61 Å². The Labute approximate surface area is 122 Å². The number of hydrogen-bond donors (Lipinski definition) is 1. The first-order valence-electron chi connectivity index (χ1n) is 6.45. The van der Waals surface area contributed by atoms with Crippen molar-refractivity contribution in [2.24, 2.45) is 0 Å². The topological polar surface area (TPSA) is 34.4 Å². The van der Waals surface area contributed by atoms with Gasteiger partial charge in [0.15, 0.2) is 0 Å². The molecule has 0 radical (unpaired) electrons. The molecule has 3 nitrogen and oxygen atoms in total. The Bertz CT molecular complexity index is 511. The molecule has 1 heterocycles. The third-order valence-electron chi connectivity index (χ3n) is 2.83. The number of nitrogens with one attached hydrogen (secondary N) is 1. The van der Waals surface area contributed by atoms with Gasteiger partial charge in [0, 0.05) is 4.47 Å². The van der Waals surface area contributed by atoms with Gasteiger partial charge in [-0.2, -0.15) is 0 Å². The van der Waals surface area contributed by atoms with Crippen molar-refractivity contribution in [2.75, 3.05) is 13.2 Å². The highest BCUT2D eigenvalue weighted by molar-refractivity contribution is 9.10. The summed E-state index contributed by atoms with van der Waals surface area (Å²) in [6.45, 7) is 5.59. The lowest BCUT2D eigenvalue weighted by atomic mass is 10.0. The van der Waals surface area contributed by atoms with Crippen molar-refractivity contribution in [2.45, 2.75) is 19.9 Å². The second kappa shape index (κ2) is 6.78. The van der Waals surface area contributed by atoms with E-state index >= 15 is 0 Å². The van der Waals surface area contributed by atoms with Crippen molar-refractivity contribution in [1.29, 1.82) is 0 Å². The van der Waals surface area contributed by atoms with Crippen LogP contribution < -0.4 is 10.1 Å². The average Bonchev–Trinajstić information content (AvgIpc) is 2.91. The fourth-order valence-corrected chi connectivity index (χ4v) is 2.61. The zero-order valence-electron chi connectivity index (χ0n) is 11.2. The summed E-state index contributed by atoms with van der Waals surface area (Å²) in [5.74, 6) is 1.78. The molecule has 1 aromatic carbocycles. The van der Waals surface area contributed by atoms with Crippen LogP contribution in [-0.2, 0) is 0 Å². The van der Waals surface area contributed by atoms with Crippen LogP contribution in [0, 0.1) is 0 Å². The van der Waals surface area contributed by atoms with Gasteiger partial charge < -0.3 is 14.5 Å². The molecule has 102 valence electrons. The summed E-state index contributed by atoms with van der Waals surface area (Å²) in [5, 5.41) is 3.43. The normalized spacial score (nSPS) is 12.4. The van der Waals surface area contributed by atoms with E-state index in [1.165, 1.54) is 0 Å². The first-order chi connectivity index (χ1) is 9.26. The van der Waals surface area contributed by atoms with Crippen LogP contribution in [0.4, 0.5) is 0 Å². The highest BCUT2D eigenvalue weighted by Gasteiger charge is 2.18. The van der Waals surface area contributed by atoms with Gasteiger partial charge in [0.05, 0.1) is 18.9 Å². The van der Waals surface area contributed by atoms with Crippen LogP contribution in [0.5, 0.6) is 5.75 Å². The Hall–Kier alpha value is -1.26. The van der Waals surface area contributed by atoms with Gasteiger partial charge in [0.2, 0.25) is 0 Å². The molecule has 2 rings (SSSR count). The fourth-order valence-electron chi connectivity index (χ4n) is 2.02. The van der Waals surface area contributed by atoms with Crippen LogP contribution in [0.15, 0.2) is 45.5 Å². The fraction of sp³-hybridized carbons (Fsp3) is 0.333. The molecule has 0 aliphatic heterocycles. The van der Waals surface area contributed by atoms with Crippen LogP contribution in [0.1, 0.15) is 31.2 Å². The van der Waals surface area contributed by atoms with Crippen LogP contribution in [-0.4, -0.2) is 13.2 Å². The van der Waals surface area contributed by atoms with Crippen molar-refractivity contribution in [3.05, 3.63) is 52.4 Å². The predicted octanol–water partition coefficient (Wildman–Crippen LogP) is 4.14. The summed E-state index contributed by atoms with van der Waals surface area (Å²) in [6.07, 6.45) is 1.70. The lowest BCUT2D eigenvalue weighted by molar-refractivity contribution is 0.339. The van der Waals surface area contributed by atoms with E-state index < -0.39 is 0 Å². The Morgan fingerprint density at radius 2 is 2.16 bits per heavy atom. The van der Waals surface area contributed by atoms with Crippen LogP contribution in [0.25, 0.3) is 0 Å². The lowest BCUT2D eigenvalue weighted by Gasteiger charge is -2.18. The maximum atomic E-state index is 5.52. The minimum Gasteiger partial charge on any atom is -0.494 e. The van der Waals surface area contributed by atoms with E-state index in [1.54, 1.807) is 6.26 Å². The average molecular weight is 324 g/mol. The van der Waals surface area contributed by atoms with Gasteiger partial charge in [-0.3, -0.25) is 0 Å². The van der Waals surface area contributed by atoms with E-state index in [0.717, 1.165) is 28.1 Å². The smallest absolute Gasteiger partial charge is 0.125 e. The number of hydrogen-bond acceptors (Lipinski definition) is 3. The van der Waals surface area contributed by atoms with Crippen molar-refractivity contribution in [3.63, 3.8) is 0 Å². The molecule has 0 amide bonds. The maximum absolute atomic E-state index is 5.52. The summed E-state index contributed by atoms with van der Waals surface area (Å²) in [5.41, 5.74) is 1.14. The minimum atomic E-state index is 0.0463. The largest absolute Gasteiger partial charge is 0.494 e. The van der Waals surface area contributed by atoms with Gasteiger partial charge >= 0.3 is 0 Å². The van der Waals surface area contributed by atoms with Crippen LogP contribution >= 0.6 is 15.9 Å². The second-order valence-electron chi connectivity index (χ2n) is 4.12. The van der Waals surface area contributed by atoms with Gasteiger partial charge in [-0.15, -0.1) is 0 Å². The van der Waals surface area contributed by atoms with E-state index in [2.05, 4.69) is 34.2 Å². The van der Waals surface area contributed by atoms with Crippen molar-refractivity contribution < 1.29 is 9.15 Å². The molecule has 1 unspecified atom stereocenters. The van der Waals surface area contributed by atoms with E-state index in [1.807, 2.05) is 31.2 Å². The third kappa shape index (κ3) is 3.39. The van der Waals surface area contributed by atoms with Crippen LogP contribution in [0.3, 0.4) is 0 Å². The van der Waals surface area contributed by atoms with E-state index in [4.69, 9.17) is 9.15 Å². The molecule has 4 heteroatoms. The summed E-state index contributed by atoms with van der Waals surface area (Å²) in [7, 11) is 0. The summed E-state index contributed by atoms with van der Waals surface area (Å²) >= 11 is 3.61. The molecule has 0 fully saturated rings. The quantitative estimate of drug-likeness (QED) is 0.867. The predicted molar refractivity (Wildman–Crippen MR) is 79.5 cm³/mol. The molecule has 1 N–H and O–H groups in total. The third-order valence-corrected chi connectivity index (χ3v) is 3.52. The lowest BCUT2D eigenvalue weighted by Crippen LogP contribution is -2.21.